The summed E-state index contributed by atoms with van der Waals surface area (Å²) in [6, 6.07) is 7.97. The molecule has 2 heterocycles. The number of piperidine rings is 1. The van der Waals surface area contributed by atoms with E-state index in [1.165, 1.54) is 23.5 Å². The number of hydrogen-bond acceptors (Lipinski definition) is 3. The number of thiophene rings is 1. The van der Waals surface area contributed by atoms with Crippen molar-refractivity contribution in [1.82, 2.24) is 4.90 Å². The number of carbonyl (C=O) groups is 2. The first-order valence-corrected chi connectivity index (χ1v) is 9.03. The molecule has 1 saturated heterocycles. The number of anilines is 1. The molecule has 138 valence electrons. The van der Waals surface area contributed by atoms with Crippen molar-refractivity contribution in [2.45, 2.75) is 19.0 Å². The molecule has 26 heavy (non-hydrogen) atoms. The fourth-order valence-electron chi connectivity index (χ4n) is 2.89. The average Bonchev–Trinajstić information content (AvgIpc) is 3.15. The highest BCUT2D eigenvalue weighted by Crippen LogP contribution is 2.30. The smallest absolute Gasteiger partial charge is 0.338 e. The molecule has 0 bridgehead atoms. The molecule has 2 amide bonds. The molecule has 0 aliphatic carbocycles. The van der Waals surface area contributed by atoms with Crippen molar-refractivity contribution in [3.05, 3.63) is 52.2 Å². The number of hydrogen-bond donors (Lipinski definition) is 1. The third kappa shape index (κ3) is 4.24. The Morgan fingerprint density at radius 2 is 1.73 bits per heavy atom. The van der Waals surface area contributed by atoms with Crippen LogP contribution in [0.2, 0.25) is 0 Å². The van der Waals surface area contributed by atoms with E-state index in [0.717, 1.165) is 12.1 Å². The second-order valence-electron chi connectivity index (χ2n) is 6.11. The molecule has 1 aromatic heterocycles. The van der Waals surface area contributed by atoms with Crippen LogP contribution in [0.3, 0.4) is 0 Å². The van der Waals surface area contributed by atoms with E-state index in [9.17, 15) is 22.8 Å². The zero-order chi connectivity index (χ0) is 18.7. The van der Waals surface area contributed by atoms with Gasteiger partial charge in [0.05, 0.1) is 10.4 Å². The molecule has 0 saturated carbocycles. The van der Waals surface area contributed by atoms with Crippen LogP contribution in [-0.2, 0) is 11.0 Å². The van der Waals surface area contributed by atoms with Crippen molar-refractivity contribution in [3.8, 4) is 0 Å². The van der Waals surface area contributed by atoms with Gasteiger partial charge in [-0.2, -0.15) is 13.2 Å². The quantitative estimate of drug-likeness (QED) is 0.862. The van der Waals surface area contributed by atoms with E-state index in [1.54, 1.807) is 11.0 Å². The Morgan fingerprint density at radius 3 is 2.27 bits per heavy atom. The van der Waals surface area contributed by atoms with Crippen LogP contribution in [0.1, 0.15) is 28.1 Å². The van der Waals surface area contributed by atoms with Gasteiger partial charge in [-0.25, -0.2) is 0 Å². The van der Waals surface area contributed by atoms with Crippen LogP contribution < -0.4 is 5.32 Å². The average molecular weight is 382 g/mol. The molecule has 0 spiro atoms. The standard InChI is InChI=1S/C18H17F3N2O2S/c19-18(20,21)13-3-5-14(6-4-13)22-16(24)12-7-9-23(10-8-12)17(25)15-2-1-11-26-15/h1-6,11-12H,7-10H2,(H,22,24). The molecule has 3 rings (SSSR count). The van der Waals surface area contributed by atoms with E-state index < -0.39 is 11.7 Å². The number of nitrogens with one attached hydrogen (secondary N) is 1. The van der Waals surface area contributed by atoms with Crippen LogP contribution in [0.5, 0.6) is 0 Å². The lowest BCUT2D eigenvalue weighted by Crippen LogP contribution is -2.41. The molecular weight excluding hydrogens is 365 g/mol. The number of halogens is 3. The lowest BCUT2D eigenvalue weighted by molar-refractivity contribution is -0.137. The maximum Gasteiger partial charge on any atom is 0.416 e. The van der Waals surface area contributed by atoms with Crippen molar-refractivity contribution in [2.75, 3.05) is 18.4 Å². The first-order chi connectivity index (χ1) is 12.3. The molecule has 0 radical (unpaired) electrons. The molecule has 0 atom stereocenters. The lowest BCUT2D eigenvalue weighted by Gasteiger charge is -2.31. The Morgan fingerprint density at radius 1 is 1.08 bits per heavy atom. The van der Waals surface area contributed by atoms with Gasteiger partial charge in [-0.15, -0.1) is 11.3 Å². The molecular formula is C18H17F3N2O2S. The monoisotopic (exact) mass is 382 g/mol. The minimum absolute atomic E-state index is 0.0263. The summed E-state index contributed by atoms with van der Waals surface area (Å²) in [5.74, 6) is -0.515. The number of amides is 2. The van der Waals surface area contributed by atoms with Crippen molar-refractivity contribution in [3.63, 3.8) is 0 Å². The third-order valence-corrected chi connectivity index (χ3v) is 5.22. The minimum atomic E-state index is -4.40. The summed E-state index contributed by atoms with van der Waals surface area (Å²) in [5.41, 5.74) is -0.420. The SMILES string of the molecule is O=C(Nc1ccc(C(F)(F)F)cc1)C1CCN(C(=O)c2cccs2)CC1. The molecule has 8 heteroatoms. The van der Waals surface area contributed by atoms with Crippen LogP contribution in [0.15, 0.2) is 41.8 Å². The van der Waals surface area contributed by atoms with Crippen molar-refractivity contribution in [2.24, 2.45) is 5.92 Å². The number of carbonyl (C=O) groups excluding carboxylic acids is 2. The Kier molecular flexibility index (Phi) is 5.31. The van der Waals surface area contributed by atoms with Gasteiger partial charge in [0.25, 0.3) is 5.91 Å². The number of likely N-dealkylation sites (tertiary alicyclic amines) is 1. The summed E-state index contributed by atoms with van der Waals surface area (Å²) in [6.07, 6.45) is -3.34. The van der Waals surface area contributed by atoms with Crippen LogP contribution in [-0.4, -0.2) is 29.8 Å². The number of nitrogens with zero attached hydrogens (tertiary/aromatic N) is 1. The van der Waals surface area contributed by atoms with E-state index >= 15 is 0 Å². The summed E-state index contributed by atoms with van der Waals surface area (Å²) >= 11 is 1.39. The van der Waals surface area contributed by atoms with E-state index in [-0.39, 0.29) is 17.7 Å². The van der Waals surface area contributed by atoms with E-state index in [4.69, 9.17) is 0 Å². The molecule has 4 nitrogen and oxygen atoms in total. The third-order valence-electron chi connectivity index (χ3n) is 4.36. The van der Waals surface area contributed by atoms with Gasteiger partial charge in [0.15, 0.2) is 0 Å². The van der Waals surface area contributed by atoms with Gasteiger partial charge in [0, 0.05) is 24.7 Å². The second-order valence-corrected chi connectivity index (χ2v) is 7.06. The van der Waals surface area contributed by atoms with Crippen molar-refractivity contribution in [1.29, 1.82) is 0 Å². The fourth-order valence-corrected chi connectivity index (χ4v) is 3.58. The van der Waals surface area contributed by atoms with Crippen LogP contribution in [0, 0.1) is 5.92 Å². The summed E-state index contributed by atoms with van der Waals surface area (Å²) in [6.45, 7) is 0.976. The maximum absolute atomic E-state index is 12.6. The van der Waals surface area contributed by atoms with Gasteiger partial charge in [-0.3, -0.25) is 9.59 Å². The first kappa shape index (κ1) is 18.4. The highest BCUT2D eigenvalue weighted by molar-refractivity contribution is 7.12. The molecule has 1 aliphatic rings. The van der Waals surface area contributed by atoms with E-state index in [1.807, 2.05) is 11.4 Å². The summed E-state index contributed by atoms with van der Waals surface area (Å²) in [7, 11) is 0. The number of alkyl halides is 3. The van der Waals surface area contributed by atoms with Gasteiger partial charge in [0.2, 0.25) is 5.91 Å². The van der Waals surface area contributed by atoms with Crippen LogP contribution >= 0.6 is 11.3 Å². The molecule has 0 unspecified atom stereocenters. The van der Waals surface area contributed by atoms with E-state index in [0.29, 0.717) is 36.5 Å². The van der Waals surface area contributed by atoms with Gasteiger partial charge in [-0.05, 0) is 48.6 Å². The Labute approximate surface area is 152 Å². The van der Waals surface area contributed by atoms with Crippen molar-refractivity contribution >= 4 is 28.8 Å². The van der Waals surface area contributed by atoms with Crippen LogP contribution in [0.25, 0.3) is 0 Å². The summed E-state index contributed by atoms with van der Waals surface area (Å²) in [4.78, 5) is 27.0. The second kappa shape index (κ2) is 7.49. The topological polar surface area (TPSA) is 49.4 Å². The Bertz CT molecular complexity index is 765. The lowest BCUT2D eigenvalue weighted by atomic mass is 9.95. The largest absolute Gasteiger partial charge is 0.416 e. The highest BCUT2D eigenvalue weighted by atomic mass is 32.1. The number of benzene rings is 1. The van der Waals surface area contributed by atoms with E-state index in [2.05, 4.69) is 5.32 Å². The Hall–Kier alpha value is -2.35. The van der Waals surface area contributed by atoms with Crippen molar-refractivity contribution < 1.29 is 22.8 Å². The Balaban J connectivity index is 1.53. The maximum atomic E-state index is 12.6. The molecule has 2 aromatic rings. The van der Waals surface area contributed by atoms with Gasteiger partial charge >= 0.3 is 6.18 Å². The van der Waals surface area contributed by atoms with Gasteiger partial charge in [-0.1, -0.05) is 6.07 Å². The minimum Gasteiger partial charge on any atom is -0.338 e. The number of rotatable bonds is 3. The fraction of sp³-hybridized carbons (Fsp3) is 0.333. The summed E-state index contributed by atoms with van der Waals surface area (Å²) < 4.78 is 37.7. The molecule has 1 aromatic carbocycles. The highest BCUT2D eigenvalue weighted by Gasteiger charge is 2.31. The zero-order valence-electron chi connectivity index (χ0n) is 13.8. The molecule has 1 aliphatic heterocycles. The van der Waals surface area contributed by atoms with Gasteiger partial charge < -0.3 is 10.2 Å². The molecule has 1 fully saturated rings. The van der Waals surface area contributed by atoms with Crippen LogP contribution in [0.4, 0.5) is 18.9 Å². The molecule has 1 N–H and O–H groups in total. The first-order valence-electron chi connectivity index (χ1n) is 8.15. The predicted molar refractivity (Wildman–Crippen MR) is 93.0 cm³/mol. The summed E-state index contributed by atoms with van der Waals surface area (Å²) in [5, 5.41) is 4.50. The normalized spacial score (nSPS) is 15.7. The van der Waals surface area contributed by atoms with Gasteiger partial charge in [0.1, 0.15) is 0 Å². The zero-order valence-corrected chi connectivity index (χ0v) is 14.6. The predicted octanol–water partition coefficient (Wildman–Crippen LogP) is 4.26.